The second-order valence-corrected chi connectivity index (χ2v) is 7.74. The minimum Gasteiger partial charge on any atom is -0.491 e. The molecule has 7 heteroatoms. The number of fused-ring (bicyclic) bond motifs is 2. The van der Waals surface area contributed by atoms with E-state index in [0.29, 0.717) is 22.7 Å². The van der Waals surface area contributed by atoms with Gasteiger partial charge in [-0.3, -0.25) is 0 Å². The first kappa shape index (κ1) is 21.6. The van der Waals surface area contributed by atoms with E-state index in [4.69, 9.17) is 18.3 Å². The summed E-state index contributed by atoms with van der Waals surface area (Å²) in [5, 5.41) is 12.0. The maximum atomic E-state index is 11.7. The SMILES string of the molecule is CCc1cc2c(C)cc(=O)oc2cc1OCC(O)COc1ccc2oc(=O)cc(C)c2c1. The lowest BCUT2D eigenvalue weighted by Crippen LogP contribution is -2.25. The van der Waals surface area contributed by atoms with Gasteiger partial charge in [0.25, 0.3) is 0 Å². The molecule has 0 amide bonds. The minimum absolute atomic E-state index is 0.00996. The molecular weight excluding hydrogens is 412 g/mol. The predicted molar refractivity (Wildman–Crippen MR) is 121 cm³/mol. The first-order chi connectivity index (χ1) is 15.3. The lowest BCUT2D eigenvalue weighted by molar-refractivity contribution is 0.0624. The highest BCUT2D eigenvalue weighted by molar-refractivity contribution is 5.83. The molecule has 1 unspecified atom stereocenters. The molecule has 0 fully saturated rings. The van der Waals surface area contributed by atoms with Crippen molar-refractivity contribution in [2.24, 2.45) is 0 Å². The lowest BCUT2D eigenvalue weighted by Gasteiger charge is -2.16. The van der Waals surface area contributed by atoms with Crippen molar-refractivity contribution in [1.29, 1.82) is 0 Å². The molecule has 4 aromatic rings. The summed E-state index contributed by atoms with van der Waals surface area (Å²) < 4.78 is 22.0. The summed E-state index contributed by atoms with van der Waals surface area (Å²) in [6.07, 6.45) is -0.159. The van der Waals surface area contributed by atoms with Gasteiger partial charge in [0.15, 0.2) is 0 Å². The molecule has 2 aromatic heterocycles. The molecule has 1 atom stereocenters. The zero-order valence-corrected chi connectivity index (χ0v) is 18.1. The van der Waals surface area contributed by atoms with Crippen molar-refractivity contribution in [3.8, 4) is 11.5 Å². The van der Waals surface area contributed by atoms with Crippen molar-refractivity contribution < 1.29 is 23.4 Å². The molecule has 166 valence electrons. The van der Waals surface area contributed by atoms with Crippen LogP contribution in [0.3, 0.4) is 0 Å². The molecule has 0 aliphatic rings. The van der Waals surface area contributed by atoms with E-state index in [1.165, 1.54) is 12.1 Å². The largest absolute Gasteiger partial charge is 0.491 e. The quantitative estimate of drug-likeness (QED) is 0.439. The molecule has 1 N–H and O–H groups in total. The lowest BCUT2D eigenvalue weighted by atomic mass is 10.1. The van der Waals surface area contributed by atoms with E-state index in [1.54, 1.807) is 24.3 Å². The van der Waals surface area contributed by atoms with Crippen LogP contribution in [0.4, 0.5) is 0 Å². The van der Waals surface area contributed by atoms with Crippen molar-refractivity contribution in [2.75, 3.05) is 13.2 Å². The van der Waals surface area contributed by atoms with Crippen LogP contribution in [0.1, 0.15) is 23.6 Å². The van der Waals surface area contributed by atoms with Crippen molar-refractivity contribution in [3.63, 3.8) is 0 Å². The van der Waals surface area contributed by atoms with Crippen LogP contribution in [0.25, 0.3) is 21.9 Å². The molecule has 7 nitrogen and oxygen atoms in total. The summed E-state index contributed by atoms with van der Waals surface area (Å²) in [4.78, 5) is 23.2. The average molecular weight is 436 g/mol. The van der Waals surface area contributed by atoms with Gasteiger partial charge in [-0.2, -0.15) is 0 Å². The first-order valence-corrected chi connectivity index (χ1v) is 10.4. The molecule has 2 heterocycles. The van der Waals surface area contributed by atoms with E-state index >= 15 is 0 Å². The molecule has 0 bridgehead atoms. The van der Waals surface area contributed by atoms with Gasteiger partial charge in [0, 0.05) is 29.0 Å². The fraction of sp³-hybridized carbons (Fsp3) is 0.280. The topological polar surface area (TPSA) is 99.1 Å². The Kier molecular flexibility index (Phi) is 6.01. The molecular formula is C25H24O7. The number of benzene rings is 2. The molecule has 0 saturated heterocycles. The molecule has 4 rings (SSSR count). The maximum Gasteiger partial charge on any atom is 0.336 e. The third kappa shape index (κ3) is 4.53. The van der Waals surface area contributed by atoms with Gasteiger partial charge in [-0.05, 0) is 61.2 Å². The van der Waals surface area contributed by atoms with Crippen LogP contribution in [0.15, 0.2) is 60.9 Å². The van der Waals surface area contributed by atoms with Crippen LogP contribution in [-0.4, -0.2) is 24.4 Å². The van der Waals surface area contributed by atoms with Gasteiger partial charge in [-0.1, -0.05) is 6.92 Å². The fourth-order valence-corrected chi connectivity index (χ4v) is 3.62. The van der Waals surface area contributed by atoms with E-state index in [1.807, 2.05) is 26.8 Å². The minimum atomic E-state index is -0.884. The fourth-order valence-electron chi connectivity index (χ4n) is 3.62. The van der Waals surface area contributed by atoms with Gasteiger partial charge in [-0.15, -0.1) is 0 Å². The van der Waals surface area contributed by atoms with Gasteiger partial charge in [0.1, 0.15) is 42.0 Å². The molecule has 0 aliphatic carbocycles. The van der Waals surface area contributed by atoms with E-state index in [2.05, 4.69) is 0 Å². The Bertz CT molecular complexity index is 1400. The smallest absolute Gasteiger partial charge is 0.336 e. The summed E-state index contributed by atoms with van der Waals surface area (Å²) in [5.41, 5.74) is 2.71. The Morgan fingerprint density at radius 2 is 1.47 bits per heavy atom. The third-order valence-electron chi connectivity index (χ3n) is 5.31. The number of aryl methyl sites for hydroxylation is 3. The van der Waals surface area contributed by atoms with Crippen LogP contribution in [0, 0.1) is 13.8 Å². The van der Waals surface area contributed by atoms with Gasteiger partial charge >= 0.3 is 11.3 Å². The van der Waals surface area contributed by atoms with Crippen LogP contribution in [0.2, 0.25) is 0 Å². The summed E-state index contributed by atoms with van der Waals surface area (Å²) >= 11 is 0. The normalized spacial score (nSPS) is 12.2. The maximum absolute atomic E-state index is 11.7. The van der Waals surface area contributed by atoms with Gasteiger partial charge in [0.2, 0.25) is 0 Å². The van der Waals surface area contributed by atoms with Gasteiger partial charge in [-0.25, -0.2) is 9.59 Å². The van der Waals surface area contributed by atoms with Crippen molar-refractivity contribution >= 4 is 21.9 Å². The van der Waals surface area contributed by atoms with E-state index in [-0.39, 0.29) is 13.2 Å². The molecule has 0 spiro atoms. The molecule has 0 saturated carbocycles. The van der Waals surface area contributed by atoms with E-state index in [0.717, 1.165) is 33.9 Å². The Hall–Kier alpha value is -3.58. The van der Waals surface area contributed by atoms with Crippen molar-refractivity contribution in [3.05, 3.63) is 80.0 Å². The summed E-state index contributed by atoms with van der Waals surface area (Å²) in [6.45, 7) is 5.72. The van der Waals surface area contributed by atoms with Gasteiger partial charge < -0.3 is 23.4 Å². The van der Waals surface area contributed by atoms with Crippen LogP contribution < -0.4 is 20.7 Å². The highest BCUT2D eigenvalue weighted by atomic mass is 16.5. The number of hydrogen-bond donors (Lipinski definition) is 1. The molecule has 2 aromatic carbocycles. The van der Waals surface area contributed by atoms with Crippen LogP contribution in [-0.2, 0) is 6.42 Å². The Morgan fingerprint density at radius 3 is 2.16 bits per heavy atom. The standard InChI is InChI=1S/C25H24O7/c1-4-16-9-19-14(2)7-25(28)32-23(19)11-22(16)30-13-17(26)12-29-18-5-6-21-20(10-18)15(3)8-24(27)31-21/h5-11,17,26H,4,12-13H2,1-3H3. The van der Waals surface area contributed by atoms with E-state index in [9.17, 15) is 14.7 Å². The number of ether oxygens (including phenoxy) is 2. The Labute approximate surface area is 183 Å². The average Bonchev–Trinajstić information content (AvgIpc) is 2.75. The molecule has 32 heavy (non-hydrogen) atoms. The van der Waals surface area contributed by atoms with Crippen LogP contribution >= 0.6 is 0 Å². The first-order valence-electron chi connectivity index (χ1n) is 10.4. The van der Waals surface area contributed by atoms with Crippen LogP contribution in [0.5, 0.6) is 11.5 Å². The second-order valence-electron chi connectivity index (χ2n) is 7.74. The monoisotopic (exact) mass is 436 g/mol. The second kappa shape index (κ2) is 8.88. The Balaban J connectivity index is 1.44. The highest BCUT2D eigenvalue weighted by Crippen LogP contribution is 2.28. The summed E-state index contributed by atoms with van der Waals surface area (Å²) in [7, 11) is 0. The van der Waals surface area contributed by atoms with Crippen molar-refractivity contribution in [2.45, 2.75) is 33.3 Å². The molecule has 0 radical (unpaired) electrons. The summed E-state index contributed by atoms with van der Waals surface area (Å²) in [5.74, 6) is 1.11. The summed E-state index contributed by atoms with van der Waals surface area (Å²) in [6, 6.07) is 11.6. The Morgan fingerprint density at radius 1 is 0.844 bits per heavy atom. The number of aliphatic hydroxyl groups excluding tert-OH is 1. The van der Waals surface area contributed by atoms with Gasteiger partial charge in [0.05, 0.1) is 0 Å². The molecule has 0 aliphatic heterocycles. The predicted octanol–water partition coefficient (Wildman–Crippen LogP) is 3.90. The zero-order chi connectivity index (χ0) is 22.8. The third-order valence-corrected chi connectivity index (χ3v) is 5.31. The van der Waals surface area contributed by atoms with Crippen molar-refractivity contribution in [1.82, 2.24) is 0 Å². The highest BCUT2D eigenvalue weighted by Gasteiger charge is 2.13. The zero-order valence-electron chi connectivity index (χ0n) is 18.1. The number of hydrogen-bond acceptors (Lipinski definition) is 7. The number of aliphatic hydroxyl groups is 1. The number of rotatable bonds is 7. The van der Waals surface area contributed by atoms with E-state index < -0.39 is 17.4 Å².